The lowest BCUT2D eigenvalue weighted by Crippen LogP contribution is -2.30. The Kier molecular flexibility index (Phi) is 59.6. The van der Waals surface area contributed by atoms with E-state index >= 15 is 0 Å². The second-order valence-corrected chi connectivity index (χ2v) is 22.4. The highest BCUT2D eigenvalue weighted by Crippen LogP contribution is 2.19. The average molecular weight is 1000 g/mol. The molecule has 0 N–H and O–H groups in total. The van der Waals surface area contributed by atoms with Gasteiger partial charge in [0.15, 0.2) is 6.10 Å². The van der Waals surface area contributed by atoms with E-state index in [2.05, 4.69) is 20.8 Å². The molecule has 6 nitrogen and oxygen atoms in total. The van der Waals surface area contributed by atoms with Crippen LogP contribution in [0.1, 0.15) is 380 Å². The number of carbonyl (C=O) groups is 3. The molecule has 0 aliphatic carbocycles. The Morgan fingerprint density at radius 2 is 0.380 bits per heavy atom. The number of ether oxygens (including phenoxy) is 3. The van der Waals surface area contributed by atoms with E-state index in [1.54, 1.807) is 0 Å². The van der Waals surface area contributed by atoms with Crippen LogP contribution in [-0.4, -0.2) is 37.2 Å². The van der Waals surface area contributed by atoms with Crippen molar-refractivity contribution in [3.63, 3.8) is 0 Å². The zero-order chi connectivity index (χ0) is 51.4. The Hall–Kier alpha value is -1.59. The van der Waals surface area contributed by atoms with Gasteiger partial charge in [0.05, 0.1) is 0 Å². The van der Waals surface area contributed by atoms with E-state index < -0.39 is 6.10 Å². The van der Waals surface area contributed by atoms with E-state index in [4.69, 9.17) is 14.2 Å². The molecule has 0 aromatic carbocycles. The second-order valence-electron chi connectivity index (χ2n) is 22.4. The largest absolute Gasteiger partial charge is 0.462 e. The fourth-order valence-electron chi connectivity index (χ4n) is 10.2. The normalized spacial score (nSPS) is 11.9. The molecule has 0 aromatic rings. The van der Waals surface area contributed by atoms with Crippen molar-refractivity contribution in [1.82, 2.24) is 0 Å². The highest BCUT2D eigenvalue weighted by atomic mass is 16.6. The molecule has 1 unspecified atom stereocenters. The summed E-state index contributed by atoms with van der Waals surface area (Å²) in [5.41, 5.74) is 0. The van der Waals surface area contributed by atoms with Crippen molar-refractivity contribution in [2.24, 2.45) is 0 Å². The van der Waals surface area contributed by atoms with Gasteiger partial charge in [0, 0.05) is 19.3 Å². The molecular weight excluding hydrogens is 877 g/mol. The lowest BCUT2D eigenvalue weighted by Gasteiger charge is -2.18. The van der Waals surface area contributed by atoms with Crippen LogP contribution in [0.15, 0.2) is 0 Å². The maximum absolute atomic E-state index is 12.8. The third kappa shape index (κ3) is 59.2. The molecule has 6 heteroatoms. The lowest BCUT2D eigenvalue weighted by atomic mass is 10.0. The van der Waals surface area contributed by atoms with E-state index in [0.29, 0.717) is 19.3 Å². The molecule has 0 spiro atoms. The number of hydrogen-bond donors (Lipinski definition) is 0. The summed E-state index contributed by atoms with van der Waals surface area (Å²) in [4.78, 5) is 37.8. The van der Waals surface area contributed by atoms with E-state index in [0.717, 1.165) is 64.2 Å². The van der Waals surface area contributed by atoms with Crippen molar-refractivity contribution in [1.29, 1.82) is 0 Å². The van der Waals surface area contributed by atoms with Crippen LogP contribution < -0.4 is 0 Å². The molecular formula is C65H126O6. The van der Waals surface area contributed by atoms with Gasteiger partial charge in [0.1, 0.15) is 13.2 Å². The predicted octanol–water partition coefficient (Wildman–Crippen LogP) is 21.9. The minimum Gasteiger partial charge on any atom is -0.462 e. The number of esters is 3. The molecule has 0 aromatic heterocycles. The van der Waals surface area contributed by atoms with Crippen LogP contribution in [0.3, 0.4) is 0 Å². The number of hydrogen-bond acceptors (Lipinski definition) is 6. The van der Waals surface area contributed by atoms with Gasteiger partial charge >= 0.3 is 17.9 Å². The molecule has 0 bridgehead atoms. The third-order valence-corrected chi connectivity index (χ3v) is 15.1. The van der Waals surface area contributed by atoms with Gasteiger partial charge in [-0.25, -0.2) is 0 Å². The van der Waals surface area contributed by atoms with Gasteiger partial charge in [-0.1, -0.05) is 342 Å². The fourth-order valence-corrected chi connectivity index (χ4v) is 10.2. The van der Waals surface area contributed by atoms with Gasteiger partial charge in [-0.3, -0.25) is 14.4 Å². The zero-order valence-electron chi connectivity index (χ0n) is 48.5. The Bertz CT molecular complexity index is 1060. The first kappa shape index (κ1) is 69.4. The van der Waals surface area contributed by atoms with Crippen LogP contribution in [0, 0.1) is 0 Å². The third-order valence-electron chi connectivity index (χ3n) is 15.1. The van der Waals surface area contributed by atoms with Gasteiger partial charge in [0.25, 0.3) is 0 Å². The van der Waals surface area contributed by atoms with Crippen LogP contribution in [0.2, 0.25) is 0 Å². The van der Waals surface area contributed by atoms with Crippen LogP contribution in [0.25, 0.3) is 0 Å². The fraction of sp³-hybridized carbons (Fsp3) is 0.954. The first-order valence-corrected chi connectivity index (χ1v) is 32.5. The summed E-state index contributed by atoms with van der Waals surface area (Å²) in [5.74, 6) is -0.849. The van der Waals surface area contributed by atoms with Gasteiger partial charge in [-0.2, -0.15) is 0 Å². The lowest BCUT2D eigenvalue weighted by molar-refractivity contribution is -0.167. The summed E-state index contributed by atoms with van der Waals surface area (Å²) in [6, 6.07) is 0. The highest BCUT2D eigenvalue weighted by molar-refractivity contribution is 5.71. The Morgan fingerprint density at radius 3 is 0.563 bits per heavy atom. The van der Waals surface area contributed by atoms with E-state index in [1.807, 2.05) is 0 Å². The molecule has 0 saturated carbocycles. The Balaban J connectivity index is 3.85. The molecule has 0 radical (unpaired) electrons. The first-order chi connectivity index (χ1) is 35.0. The topological polar surface area (TPSA) is 78.9 Å². The number of unbranched alkanes of at least 4 members (excludes halogenated alkanes) is 50. The number of rotatable bonds is 61. The minimum atomic E-state index is -0.759. The van der Waals surface area contributed by atoms with E-state index in [-0.39, 0.29) is 31.1 Å². The molecule has 71 heavy (non-hydrogen) atoms. The minimum absolute atomic E-state index is 0.0626. The quantitative estimate of drug-likeness (QED) is 0.0343. The summed E-state index contributed by atoms with van der Waals surface area (Å²) in [7, 11) is 0. The molecule has 422 valence electrons. The maximum atomic E-state index is 12.8. The van der Waals surface area contributed by atoms with Crippen LogP contribution in [0.4, 0.5) is 0 Å². The SMILES string of the molecule is CCCCCCCCCCCCCCCCCCCCCCCCCCCCCCCCCCC(=O)OCC(COC(=O)CCCCCCC)OC(=O)CCCCCCCCCCCCCCCCCC. The van der Waals surface area contributed by atoms with Crippen molar-refractivity contribution < 1.29 is 28.6 Å². The van der Waals surface area contributed by atoms with E-state index in [9.17, 15) is 14.4 Å². The highest BCUT2D eigenvalue weighted by Gasteiger charge is 2.19. The Labute approximate surface area is 444 Å². The molecule has 1 atom stereocenters. The van der Waals surface area contributed by atoms with Gasteiger partial charge in [0.2, 0.25) is 0 Å². The zero-order valence-corrected chi connectivity index (χ0v) is 48.5. The first-order valence-electron chi connectivity index (χ1n) is 32.5. The molecule has 0 saturated heterocycles. The van der Waals surface area contributed by atoms with Crippen molar-refractivity contribution >= 4 is 17.9 Å². The average Bonchev–Trinajstić information content (AvgIpc) is 3.37. The molecule has 0 aliphatic rings. The van der Waals surface area contributed by atoms with Gasteiger partial charge in [-0.15, -0.1) is 0 Å². The predicted molar refractivity (Wildman–Crippen MR) is 307 cm³/mol. The van der Waals surface area contributed by atoms with Crippen LogP contribution >= 0.6 is 0 Å². The van der Waals surface area contributed by atoms with E-state index in [1.165, 1.54) is 276 Å². The van der Waals surface area contributed by atoms with Gasteiger partial charge < -0.3 is 14.2 Å². The summed E-state index contributed by atoms with van der Waals surface area (Å²) in [6.45, 7) is 6.63. The van der Waals surface area contributed by atoms with Gasteiger partial charge in [-0.05, 0) is 19.3 Å². The van der Waals surface area contributed by atoms with Crippen LogP contribution in [-0.2, 0) is 28.6 Å². The smallest absolute Gasteiger partial charge is 0.306 e. The molecule has 0 rings (SSSR count). The molecule has 0 fully saturated rings. The maximum Gasteiger partial charge on any atom is 0.306 e. The molecule has 0 heterocycles. The summed E-state index contributed by atoms with van der Waals surface area (Å²) in [6.07, 6.45) is 70.4. The standard InChI is InChI=1S/C65H126O6/c1-4-7-10-13-15-17-19-21-23-25-26-27-28-29-30-31-32-33-34-35-36-37-38-39-40-42-43-45-47-49-52-55-58-64(67)70-61-62(60-69-63(66)57-54-51-12-9-6-3)71-65(68)59-56-53-50-48-46-44-41-24-22-20-18-16-14-11-8-5-2/h62H,4-61H2,1-3H3. The summed E-state index contributed by atoms with van der Waals surface area (Å²) in [5, 5.41) is 0. The van der Waals surface area contributed by atoms with Crippen LogP contribution in [0.5, 0.6) is 0 Å². The monoisotopic (exact) mass is 1000 g/mol. The second kappa shape index (κ2) is 61.0. The molecule has 0 amide bonds. The van der Waals surface area contributed by atoms with Crippen molar-refractivity contribution in [3.8, 4) is 0 Å². The number of carbonyl (C=O) groups excluding carboxylic acids is 3. The van der Waals surface area contributed by atoms with Crippen molar-refractivity contribution in [2.45, 2.75) is 386 Å². The van der Waals surface area contributed by atoms with Crippen molar-refractivity contribution in [2.75, 3.05) is 13.2 Å². The summed E-state index contributed by atoms with van der Waals surface area (Å²) < 4.78 is 16.8. The molecule has 0 aliphatic heterocycles. The Morgan fingerprint density at radius 1 is 0.225 bits per heavy atom. The summed E-state index contributed by atoms with van der Waals surface area (Å²) >= 11 is 0. The van der Waals surface area contributed by atoms with Crippen molar-refractivity contribution in [3.05, 3.63) is 0 Å².